The molecule has 30 heavy (non-hydrogen) atoms. The second kappa shape index (κ2) is 8.50. The summed E-state index contributed by atoms with van der Waals surface area (Å²) in [5.74, 6) is -0.0226. The highest BCUT2D eigenvalue weighted by atomic mass is 32.1. The number of benzene rings is 2. The molecule has 4 amide bonds. The molecule has 1 fully saturated rings. The van der Waals surface area contributed by atoms with Gasteiger partial charge in [0.15, 0.2) is 5.13 Å². The third-order valence-electron chi connectivity index (χ3n) is 4.82. The first kappa shape index (κ1) is 19.8. The lowest BCUT2D eigenvalue weighted by Gasteiger charge is -2.13. The zero-order chi connectivity index (χ0) is 21.1. The maximum absolute atomic E-state index is 12.6. The SMILES string of the molecule is COc1ccc(CCN2C(=O)NC(CC(=O)Nc3nc4ccccc4s3)C2=O)cc1. The van der Waals surface area contributed by atoms with Crippen LogP contribution < -0.4 is 15.4 Å². The summed E-state index contributed by atoms with van der Waals surface area (Å²) in [5, 5.41) is 5.77. The van der Waals surface area contributed by atoms with Crippen molar-refractivity contribution in [2.24, 2.45) is 0 Å². The van der Waals surface area contributed by atoms with Gasteiger partial charge in [-0.3, -0.25) is 14.5 Å². The highest BCUT2D eigenvalue weighted by Crippen LogP contribution is 2.25. The van der Waals surface area contributed by atoms with Crippen molar-refractivity contribution in [1.82, 2.24) is 15.2 Å². The van der Waals surface area contributed by atoms with Gasteiger partial charge in [0, 0.05) is 6.54 Å². The average Bonchev–Trinajstić information content (AvgIpc) is 3.26. The first-order chi connectivity index (χ1) is 14.5. The Morgan fingerprint density at radius 2 is 1.97 bits per heavy atom. The van der Waals surface area contributed by atoms with Crippen LogP contribution in [0.2, 0.25) is 0 Å². The molecule has 2 aromatic carbocycles. The fourth-order valence-electron chi connectivity index (χ4n) is 3.24. The molecule has 1 atom stereocenters. The fourth-order valence-corrected chi connectivity index (χ4v) is 4.12. The second-order valence-corrected chi connectivity index (χ2v) is 7.86. The van der Waals surface area contributed by atoms with Crippen LogP contribution in [-0.2, 0) is 16.0 Å². The smallest absolute Gasteiger partial charge is 0.324 e. The number of thiazole rings is 1. The Morgan fingerprint density at radius 3 is 2.70 bits per heavy atom. The summed E-state index contributed by atoms with van der Waals surface area (Å²) in [6.07, 6.45) is 0.382. The van der Waals surface area contributed by atoms with Gasteiger partial charge in [-0.15, -0.1) is 0 Å². The van der Waals surface area contributed by atoms with Crippen molar-refractivity contribution in [1.29, 1.82) is 0 Å². The van der Waals surface area contributed by atoms with Gasteiger partial charge in [-0.25, -0.2) is 9.78 Å². The van der Waals surface area contributed by atoms with Gasteiger partial charge in [0.2, 0.25) is 5.91 Å². The number of hydrogen-bond acceptors (Lipinski definition) is 6. The van der Waals surface area contributed by atoms with Crippen LogP contribution in [0.1, 0.15) is 12.0 Å². The van der Waals surface area contributed by atoms with Gasteiger partial charge in [-0.2, -0.15) is 0 Å². The number of hydrogen-bond donors (Lipinski definition) is 2. The minimum absolute atomic E-state index is 0.139. The van der Waals surface area contributed by atoms with E-state index in [4.69, 9.17) is 4.74 Å². The van der Waals surface area contributed by atoms with Gasteiger partial charge in [0.05, 0.1) is 23.7 Å². The molecule has 0 radical (unpaired) electrons. The van der Waals surface area contributed by atoms with Crippen molar-refractivity contribution < 1.29 is 19.1 Å². The summed E-state index contributed by atoms with van der Waals surface area (Å²) in [7, 11) is 1.59. The van der Waals surface area contributed by atoms with Crippen molar-refractivity contribution in [2.45, 2.75) is 18.9 Å². The Balaban J connectivity index is 1.32. The standard InChI is InChI=1S/C21H20N4O4S/c1-29-14-8-6-13(7-9-14)10-11-25-19(27)16(23-21(25)28)12-18(26)24-20-22-15-4-2-3-5-17(15)30-20/h2-9,16H,10-12H2,1H3,(H,23,28)(H,22,24,26). The minimum Gasteiger partial charge on any atom is -0.497 e. The molecular weight excluding hydrogens is 404 g/mol. The van der Waals surface area contributed by atoms with Crippen molar-refractivity contribution >= 4 is 44.5 Å². The van der Waals surface area contributed by atoms with Gasteiger partial charge >= 0.3 is 6.03 Å². The Kier molecular flexibility index (Phi) is 5.62. The monoisotopic (exact) mass is 424 g/mol. The molecule has 1 saturated heterocycles. The van der Waals surface area contributed by atoms with E-state index in [1.165, 1.54) is 11.3 Å². The molecule has 0 saturated carbocycles. The number of aromatic nitrogens is 1. The summed E-state index contributed by atoms with van der Waals surface area (Å²) in [5.41, 5.74) is 1.78. The number of anilines is 1. The number of ether oxygens (including phenoxy) is 1. The lowest BCUT2D eigenvalue weighted by atomic mass is 10.1. The van der Waals surface area contributed by atoms with Crippen LogP contribution in [0.4, 0.5) is 9.93 Å². The summed E-state index contributed by atoms with van der Waals surface area (Å²) in [6.45, 7) is 0.243. The Bertz CT molecular complexity index is 1060. The van der Waals surface area contributed by atoms with E-state index >= 15 is 0 Å². The number of urea groups is 1. The predicted octanol–water partition coefficient (Wildman–Crippen LogP) is 2.80. The van der Waals surface area contributed by atoms with Crippen LogP contribution in [-0.4, -0.2) is 47.4 Å². The third kappa shape index (κ3) is 4.25. The number of imide groups is 1. The largest absolute Gasteiger partial charge is 0.497 e. The summed E-state index contributed by atoms with van der Waals surface area (Å²) in [6, 6.07) is 13.6. The number of fused-ring (bicyclic) bond motifs is 1. The zero-order valence-electron chi connectivity index (χ0n) is 16.3. The average molecular weight is 424 g/mol. The van der Waals surface area contributed by atoms with Crippen LogP contribution in [0.5, 0.6) is 5.75 Å². The number of rotatable bonds is 7. The molecular formula is C21H20N4O4S. The summed E-state index contributed by atoms with van der Waals surface area (Å²) < 4.78 is 6.08. The van der Waals surface area contributed by atoms with E-state index in [9.17, 15) is 14.4 Å². The van der Waals surface area contributed by atoms with Crippen molar-refractivity contribution in [3.05, 3.63) is 54.1 Å². The van der Waals surface area contributed by atoms with Crippen molar-refractivity contribution in [3.8, 4) is 5.75 Å². The lowest BCUT2D eigenvalue weighted by Crippen LogP contribution is -2.34. The fraction of sp³-hybridized carbons (Fsp3) is 0.238. The van der Waals surface area contributed by atoms with E-state index in [1.807, 2.05) is 48.5 Å². The number of carbonyl (C=O) groups is 3. The highest BCUT2D eigenvalue weighted by Gasteiger charge is 2.38. The van der Waals surface area contributed by atoms with Gasteiger partial charge in [0.25, 0.3) is 5.91 Å². The second-order valence-electron chi connectivity index (χ2n) is 6.83. The van der Waals surface area contributed by atoms with E-state index in [1.54, 1.807) is 7.11 Å². The van der Waals surface area contributed by atoms with Crippen LogP contribution in [0.25, 0.3) is 10.2 Å². The summed E-state index contributed by atoms with van der Waals surface area (Å²) in [4.78, 5) is 42.7. The van der Waals surface area contributed by atoms with Crippen molar-refractivity contribution in [3.63, 3.8) is 0 Å². The predicted molar refractivity (Wildman–Crippen MR) is 114 cm³/mol. The molecule has 4 rings (SSSR count). The Morgan fingerprint density at radius 1 is 1.20 bits per heavy atom. The van der Waals surface area contributed by atoms with E-state index in [-0.39, 0.29) is 18.9 Å². The van der Waals surface area contributed by atoms with Crippen LogP contribution in [0.15, 0.2) is 48.5 Å². The molecule has 0 bridgehead atoms. The van der Waals surface area contributed by atoms with E-state index < -0.39 is 18.0 Å². The van der Waals surface area contributed by atoms with Gasteiger partial charge < -0.3 is 15.4 Å². The van der Waals surface area contributed by atoms with Gasteiger partial charge in [-0.05, 0) is 36.2 Å². The van der Waals surface area contributed by atoms with Crippen LogP contribution >= 0.6 is 11.3 Å². The molecule has 2 N–H and O–H groups in total. The topological polar surface area (TPSA) is 101 Å². The Hall–Kier alpha value is -3.46. The molecule has 1 unspecified atom stereocenters. The first-order valence-corrected chi connectivity index (χ1v) is 10.3. The lowest BCUT2D eigenvalue weighted by molar-refractivity contribution is -0.129. The van der Waals surface area contributed by atoms with E-state index in [2.05, 4.69) is 15.6 Å². The van der Waals surface area contributed by atoms with Crippen LogP contribution in [0, 0.1) is 0 Å². The molecule has 1 aromatic heterocycles. The number of nitrogens with one attached hydrogen (secondary N) is 2. The normalized spacial score (nSPS) is 16.0. The quantitative estimate of drug-likeness (QED) is 0.568. The third-order valence-corrected chi connectivity index (χ3v) is 5.77. The number of para-hydroxylation sites is 1. The molecule has 8 nitrogen and oxygen atoms in total. The number of amides is 4. The number of methoxy groups -OCH3 is 1. The Labute approximate surface area is 176 Å². The molecule has 0 aliphatic carbocycles. The molecule has 3 aromatic rings. The molecule has 2 heterocycles. The van der Waals surface area contributed by atoms with Crippen LogP contribution in [0.3, 0.4) is 0 Å². The molecule has 1 aliphatic rings. The van der Waals surface area contributed by atoms with Gasteiger partial charge in [-0.1, -0.05) is 35.6 Å². The molecule has 1 aliphatic heterocycles. The number of carbonyl (C=O) groups excluding carboxylic acids is 3. The van der Waals surface area contributed by atoms with Gasteiger partial charge in [0.1, 0.15) is 11.8 Å². The minimum atomic E-state index is -0.872. The highest BCUT2D eigenvalue weighted by molar-refractivity contribution is 7.22. The molecule has 9 heteroatoms. The first-order valence-electron chi connectivity index (χ1n) is 9.44. The molecule has 154 valence electrons. The maximum atomic E-state index is 12.6. The number of nitrogens with zero attached hydrogens (tertiary/aromatic N) is 2. The maximum Gasteiger partial charge on any atom is 0.324 e. The van der Waals surface area contributed by atoms with E-state index in [0.29, 0.717) is 11.6 Å². The van der Waals surface area contributed by atoms with E-state index in [0.717, 1.165) is 26.4 Å². The van der Waals surface area contributed by atoms with Crippen molar-refractivity contribution in [2.75, 3.05) is 19.0 Å². The molecule has 0 spiro atoms. The zero-order valence-corrected chi connectivity index (χ0v) is 17.1. The summed E-state index contributed by atoms with van der Waals surface area (Å²) >= 11 is 1.36.